The lowest BCUT2D eigenvalue weighted by Gasteiger charge is -2.33. The third kappa shape index (κ3) is 7.16. The van der Waals surface area contributed by atoms with E-state index < -0.39 is 14.9 Å². The summed E-state index contributed by atoms with van der Waals surface area (Å²) in [4.78, 5) is 36.7. The summed E-state index contributed by atoms with van der Waals surface area (Å²) in [7, 11) is -3.83. The van der Waals surface area contributed by atoms with E-state index in [9.17, 15) is 28.1 Å². The zero-order valence-electron chi connectivity index (χ0n) is 20.6. The minimum atomic E-state index is -3.83. The maximum atomic E-state index is 12.9. The fourth-order valence-electron chi connectivity index (χ4n) is 3.86. The zero-order chi connectivity index (χ0) is 28.0. The fraction of sp³-hybridized carbons (Fsp3) is 0.185. The zero-order valence-corrected chi connectivity index (χ0v) is 23.0. The molecule has 0 saturated carbocycles. The molecule has 3 aromatic carbocycles. The number of sulfonamides is 1. The monoisotopic (exact) mass is 613 g/mol. The molecule has 12 heteroatoms. The molecule has 0 spiro atoms. The summed E-state index contributed by atoms with van der Waals surface area (Å²) in [5.41, 5.74) is 1.18. The van der Waals surface area contributed by atoms with E-state index in [0.29, 0.717) is 11.3 Å². The maximum Gasteiger partial charge on any atom is 0.269 e. The Bertz CT molecular complexity index is 1480. The molecular weight excluding hydrogens is 590 g/mol. The van der Waals surface area contributed by atoms with Crippen LogP contribution in [0.25, 0.3) is 6.08 Å². The fourth-order valence-corrected chi connectivity index (χ4v) is 5.55. The van der Waals surface area contributed by atoms with Gasteiger partial charge in [0.1, 0.15) is 5.75 Å². The number of hydrogen-bond donors (Lipinski definition) is 0. The van der Waals surface area contributed by atoms with Crippen molar-refractivity contribution in [3.05, 3.63) is 105 Å². The van der Waals surface area contributed by atoms with Crippen molar-refractivity contribution in [3.63, 3.8) is 0 Å². The van der Waals surface area contributed by atoms with Crippen molar-refractivity contribution in [2.45, 2.75) is 4.90 Å². The van der Waals surface area contributed by atoms with Crippen molar-refractivity contribution < 1.29 is 27.7 Å². The molecule has 0 N–H and O–H groups in total. The van der Waals surface area contributed by atoms with Crippen molar-refractivity contribution in [3.8, 4) is 5.75 Å². The molecule has 3 aromatic rings. The molecule has 1 saturated heterocycles. The van der Waals surface area contributed by atoms with Crippen LogP contribution in [0.3, 0.4) is 0 Å². The van der Waals surface area contributed by atoms with E-state index in [2.05, 4.69) is 15.9 Å². The van der Waals surface area contributed by atoms with Gasteiger partial charge in [0.05, 0.1) is 9.82 Å². The number of non-ortho nitro benzene ring substituents is 1. The Morgan fingerprint density at radius 2 is 1.54 bits per heavy atom. The van der Waals surface area contributed by atoms with Gasteiger partial charge in [-0.05, 0) is 60.2 Å². The first-order valence-corrected chi connectivity index (χ1v) is 14.1. The van der Waals surface area contributed by atoms with Crippen molar-refractivity contribution in [2.75, 3.05) is 32.8 Å². The number of nitrogens with zero attached hydrogens (tertiary/aromatic N) is 3. The molecule has 1 fully saturated rings. The van der Waals surface area contributed by atoms with Gasteiger partial charge in [-0.25, -0.2) is 8.42 Å². The molecule has 1 amide bonds. The third-order valence-corrected chi connectivity index (χ3v) is 8.52. The Kier molecular flexibility index (Phi) is 8.90. The molecule has 0 aliphatic carbocycles. The van der Waals surface area contributed by atoms with Crippen LogP contribution in [0, 0.1) is 10.1 Å². The predicted molar refractivity (Wildman–Crippen MR) is 148 cm³/mol. The van der Waals surface area contributed by atoms with E-state index in [-0.39, 0.29) is 55.1 Å². The molecule has 0 bridgehead atoms. The molecule has 0 unspecified atom stereocenters. The smallest absolute Gasteiger partial charge is 0.269 e. The normalized spacial score (nSPS) is 14.3. The van der Waals surface area contributed by atoms with Crippen LogP contribution >= 0.6 is 15.9 Å². The molecule has 0 radical (unpaired) electrons. The highest BCUT2D eigenvalue weighted by atomic mass is 79.9. The highest BCUT2D eigenvalue weighted by molar-refractivity contribution is 9.10. The lowest BCUT2D eigenvalue weighted by atomic mass is 10.1. The molecule has 39 heavy (non-hydrogen) atoms. The quantitative estimate of drug-likeness (QED) is 0.153. The number of allylic oxidation sites excluding steroid dienone is 1. The molecule has 4 rings (SSSR count). The molecule has 202 valence electrons. The van der Waals surface area contributed by atoms with E-state index in [1.54, 1.807) is 30.3 Å². The summed E-state index contributed by atoms with van der Waals surface area (Å²) in [5.74, 6) is -0.0294. The Morgan fingerprint density at radius 3 is 2.13 bits per heavy atom. The second-order valence-corrected chi connectivity index (χ2v) is 11.5. The van der Waals surface area contributed by atoms with Crippen LogP contribution in [0.1, 0.15) is 15.9 Å². The van der Waals surface area contributed by atoms with E-state index in [0.717, 1.165) is 22.2 Å². The second-order valence-electron chi connectivity index (χ2n) is 8.60. The van der Waals surface area contributed by atoms with E-state index >= 15 is 0 Å². The maximum absolute atomic E-state index is 12.9. The number of halogens is 1. The van der Waals surface area contributed by atoms with Gasteiger partial charge >= 0.3 is 0 Å². The minimum Gasteiger partial charge on any atom is -0.484 e. The van der Waals surface area contributed by atoms with Crippen LogP contribution < -0.4 is 4.74 Å². The molecule has 0 atom stereocenters. The van der Waals surface area contributed by atoms with Gasteiger partial charge in [-0.1, -0.05) is 34.1 Å². The Labute approximate surface area is 233 Å². The van der Waals surface area contributed by atoms with Gasteiger partial charge < -0.3 is 9.64 Å². The van der Waals surface area contributed by atoms with Crippen LogP contribution in [0.5, 0.6) is 5.75 Å². The topological polar surface area (TPSA) is 127 Å². The van der Waals surface area contributed by atoms with Crippen molar-refractivity contribution >= 4 is 49.4 Å². The highest BCUT2D eigenvalue weighted by Gasteiger charge is 2.30. The van der Waals surface area contributed by atoms with Crippen LogP contribution in [0.15, 0.2) is 88.2 Å². The number of hydrogen-bond acceptors (Lipinski definition) is 7. The third-order valence-electron chi connectivity index (χ3n) is 6.07. The molecular formula is C27H24BrN3O7S. The highest BCUT2D eigenvalue weighted by Crippen LogP contribution is 2.21. The molecule has 10 nitrogen and oxygen atoms in total. The van der Waals surface area contributed by atoms with E-state index in [1.165, 1.54) is 27.4 Å². The molecule has 1 aliphatic heterocycles. The summed E-state index contributed by atoms with van der Waals surface area (Å²) >= 11 is 3.37. The number of rotatable bonds is 9. The molecule has 0 aromatic heterocycles. The Balaban J connectivity index is 1.25. The first-order valence-electron chi connectivity index (χ1n) is 11.9. The molecule has 1 heterocycles. The largest absolute Gasteiger partial charge is 0.484 e. The number of nitro benzene ring substituents is 1. The number of amides is 1. The second kappa shape index (κ2) is 12.3. The van der Waals surface area contributed by atoms with Gasteiger partial charge in [0.2, 0.25) is 10.0 Å². The number of ketones is 1. The lowest BCUT2D eigenvalue weighted by molar-refractivity contribution is -0.384. The lowest BCUT2D eigenvalue weighted by Crippen LogP contribution is -2.51. The van der Waals surface area contributed by atoms with Gasteiger partial charge in [-0.15, -0.1) is 0 Å². The average molecular weight is 614 g/mol. The number of carbonyl (C=O) groups excluding carboxylic acids is 2. The standard InChI is InChI=1S/C27H24BrN3O7S/c28-22-6-1-20(2-7-22)3-14-26(32)21-4-10-24(11-5-21)38-19-27(33)29-15-17-30(18-16-29)39(36,37)25-12-8-23(9-13-25)31(34)35/h1-14H,15-19H2. The Hall–Kier alpha value is -3.87. The SMILES string of the molecule is O=C(C=Cc1ccc(Br)cc1)c1ccc(OCC(=O)N2CCN(S(=O)(=O)c3ccc([N+](=O)[O-])cc3)CC2)cc1. The van der Waals surface area contributed by atoms with E-state index in [1.807, 2.05) is 24.3 Å². The summed E-state index contributed by atoms with van der Waals surface area (Å²) in [6.07, 6.45) is 3.22. The van der Waals surface area contributed by atoms with E-state index in [4.69, 9.17) is 4.74 Å². The number of carbonyl (C=O) groups is 2. The first-order chi connectivity index (χ1) is 18.6. The van der Waals surface area contributed by atoms with Crippen molar-refractivity contribution in [2.24, 2.45) is 0 Å². The summed E-state index contributed by atoms with van der Waals surface area (Å²) < 4.78 is 33.5. The minimum absolute atomic E-state index is 0.0399. The van der Waals surface area contributed by atoms with Crippen molar-refractivity contribution in [1.29, 1.82) is 0 Å². The van der Waals surface area contributed by atoms with Gasteiger partial charge in [-0.2, -0.15) is 4.31 Å². The van der Waals surface area contributed by atoms with Gasteiger partial charge in [0, 0.05) is 48.3 Å². The summed E-state index contributed by atoms with van der Waals surface area (Å²) in [6.45, 7) is 0.330. The van der Waals surface area contributed by atoms with Crippen LogP contribution in [0.2, 0.25) is 0 Å². The Morgan fingerprint density at radius 1 is 0.923 bits per heavy atom. The van der Waals surface area contributed by atoms with Gasteiger partial charge in [0.25, 0.3) is 11.6 Å². The number of benzene rings is 3. The average Bonchev–Trinajstić information content (AvgIpc) is 2.95. The van der Waals surface area contributed by atoms with Crippen LogP contribution in [-0.4, -0.2) is 67.0 Å². The number of piperazine rings is 1. The van der Waals surface area contributed by atoms with Crippen molar-refractivity contribution in [1.82, 2.24) is 9.21 Å². The van der Waals surface area contributed by atoms with Crippen LogP contribution in [-0.2, 0) is 14.8 Å². The van der Waals surface area contributed by atoms with Crippen LogP contribution in [0.4, 0.5) is 5.69 Å². The summed E-state index contributed by atoms with van der Waals surface area (Å²) in [5, 5.41) is 10.8. The van der Waals surface area contributed by atoms with Gasteiger partial charge in [0.15, 0.2) is 12.4 Å². The number of nitro groups is 1. The van der Waals surface area contributed by atoms with Gasteiger partial charge in [-0.3, -0.25) is 19.7 Å². The molecule has 1 aliphatic rings. The first kappa shape index (κ1) is 28.1. The predicted octanol–water partition coefficient (Wildman–Crippen LogP) is 4.17. The number of ether oxygens (including phenoxy) is 1. The summed E-state index contributed by atoms with van der Waals surface area (Å²) in [6, 6.07) is 18.7.